The van der Waals surface area contributed by atoms with Crippen molar-refractivity contribution in [1.82, 2.24) is 0 Å². The first-order chi connectivity index (χ1) is 8.95. The maximum Gasteiger partial charge on any atom is 0.335 e. The summed E-state index contributed by atoms with van der Waals surface area (Å²) in [5.41, 5.74) is 6.43. The molecule has 19 heavy (non-hydrogen) atoms. The Labute approximate surface area is 120 Å². The molecule has 1 atom stereocenters. The van der Waals surface area contributed by atoms with Crippen LogP contribution in [0.4, 0.5) is 5.69 Å². The fourth-order valence-electron chi connectivity index (χ4n) is 1.53. The normalized spacial score (nSPS) is 11.9. The lowest BCUT2D eigenvalue weighted by Crippen LogP contribution is -2.35. The molecule has 104 valence electrons. The number of benzene rings is 1. The van der Waals surface area contributed by atoms with Crippen molar-refractivity contribution in [1.29, 1.82) is 0 Å². The van der Waals surface area contributed by atoms with Crippen LogP contribution >= 0.6 is 15.9 Å². The van der Waals surface area contributed by atoms with Gasteiger partial charge in [0.2, 0.25) is 5.91 Å². The minimum absolute atomic E-state index is 0.153. The van der Waals surface area contributed by atoms with Gasteiger partial charge in [0.15, 0.2) is 0 Å². The highest BCUT2D eigenvalue weighted by atomic mass is 79.9. The van der Waals surface area contributed by atoms with Crippen LogP contribution in [0.3, 0.4) is 0 Å². The number of hydrogen-bond acceptors (Lipinski definition) is 3. The first kappa shape index (κ1) is 15.7. The van der Waals surface area contributed by atoms with Gasteiger partial charge in [-0.2, -0.15) is 0 Å². The summed E-state index contributed by atoms with van der Waals surface area (Å²) in [6.07, 6.45) is 2.51. The summed E-state index contributed by atoms with van der Waals surface area (Å²) in [6.45, 7) is 2.03. The number of anilines is 1. The number of halogens is 1. The highest BCUT2D eigenvalue weighted by Crippen LogP contribution is 2.24. The predicted octanol–water partition coefficient (Wildman–Crippen LogP) is 2.60. The lowest BCUT2D eigenvalue weighted by Gasteiger charge is -2.13. The minimum atomic E-state index is -1.02. The largest absolute Gasteiger partial charge is 0.478 e. The summed E-state index contributed by atoms with van der Waals surface area (Å²) in [5.74, 6) is -1.28. The van der Waals surface area contributed by atoms with Crippen LogP contribution in [-0.4, -0.2) is 23.0 Å². The topological polar surface area (TPSA) is 92.4 Å². The molecule has 4 N–H and O–H groups in total. The number of unbranched alkanes of at least 4 members (excludes halogenated alkanes) is 1. The van der Waals surface area contributed by atoms with Crippen LogP contribution in [0.1, 0.15) is 36.5 Å². The fourth-order valence-corrected chi connectivity index (χ4v) is 2.01. The second-order valence-electron chi connectivity index (χ2n) is 4.24. The molecule has 0 aromatic heterocycles. The summed E-state index contributed by atoms with van der Waals surface area (Å²) in [7, 11) is 0. The van der Waals surface area contributed by atoms with Crippen molar-refractivity contribution < 1.29 is 14.7 Å². The van der Waals surface area contributed by atoms with E-state index in [-0.39, 0.29) is 11.5 Å². The lowest BCUT2D eigenvalue weighted by molar-refractivity contribution is -0.117. The number of carboxylic acid groups (broad SMARTS) is 1. The summed E-state index contributed by atoms with van der Waals surface area (Å²) in [4.78, 5) is 22.6. The lowest BCUT2D eigenvalue weighted by atomic mass is 10.1. The standard InChI is InChI=1S/C13H17BrN2O3/c1-2-3-4-10(15)12(17)16-11-6-5-8(13(18)19)7-9(11)14/h5-7,10H,2-4,15H2,1H3,(H,16,17)(H,18,19). The molecule has 6 heteroatoms. The second kappa shape index (κ2) is 7.25. The Morgan fingerprint density at radius 2 is 2.16 bits per heavy atom. The molecule has 1 aromatic rings. The zero-order valence-electron chi connectivity index (χ0n) is 10.6. The predicted molar refractivity (Wildman–Crippen MR) is 77.2 cm³/mol. The number of carbonyl (C=O) groups excluding carboxylic acids is 1. The van der Waals surface area contributed by atoms with Crippen molar-refractivity contribution >= 4 is 33.5 Å². The zero-order valence-corrected chi connectivity index (χ0v) is 12.2. The van der Waals surface area contributed by atoms with Crippen LogP contribution in [0.5, 0.6) is 0 Å². The number of hydrogen-bond donors (Lipinski definition) is 3. The molecular weight excluding hydrogens is 312 g/mol. The van der Waals surface area contributed by atoms with Crippen molar-refractivity contribution in [2.24, 2.45) is 5.73 Å². The average molecular weight is 329 g/mol. The van der Waals surface area contributed by atoms with E-state index in [1.54, 1.807) is 0 Å². The molecule has 0 aliphatic rings. The van der Waals surface area contributed by atoms with Gasteiger partial charge in [-0.1, -0.05) is 19.8 Å². The van der Waals surface area contributed by atoms with Gasteiger partial charge in [-0.3, -0.25) is 4.79 Å². The van der Waals surface area contributed by atoms with E-state index in [9.17, 15) is 9.59 Å². The van der Waals surface area contributed by atoms with E-state index in [0.29, 0.717) is 16.6 Å². The van der Waals surface area contributed by atoms with Crippen LogP contribution < -0.4 is 11.1 Å². The molecule has 0 bridgehead atoms. The highest BCUT2D eigenvalue weighted by molar-refractivity contribution is 9.10. The van der Waals surface area contributed by atoms with Gasteiger partial charge < -0.3 is 16.2 Å². The summed E-state index contributed by atoms with van der Waals surface area (Å²) in [6, 6.07) is 3.86. The Morgan fingerprint density at radius 3 is 2.68 bits per heavy atom. The third-order valence-electron chi connectivity index (χ3n) is 2.68. The van der Waals surface area contributed by atoms with Gasteiger partial charge in [-0.25, -0.2) is 4.79 Å². The Bertz CT molecular complexity index is 477. The number of nitrogens with two attached hydrogens (primary N) is 1. The Balaban J connectivity index is 2.72. The molecule has 1 rings (SSSR count). The summed E-state index contributed by atoms with van der Waals surface area (Å²) >= 11 is 3.23. The van der Waals surface area contributed by atoms with E-state index in [2.05, 4.69) is 21.2 Å². The molecule has 1 aromatic carbocycles. The molecule has 0 radical (unpaired) electrons. The van der Waals surface area contributed by atoms with Crippen LogP contribution in [-0.2, 0) is 4.79 Å². The molecule has 0 aliphatic heterocycles. The molecule has 5 nitrogen and oxygen atoms in total. The van der Waals surface area contributed by atoms with E-state index < -0.39 is 12.0 Å². The number of nitrogens with one attached hydrogen (secondary N) is 1. The molecule has 0 saturated heterocycles. The van der Waals surface area contributed by atoms with Crippen LogP contribution in [0.15, 0.2) is 22.7 Å². The smallest absolute Gasteiger partial charge is 0.335 e. The summed E-state index contributed by atoms with van der Waals surface area (Å²) < 4.78 is 0.517. The van der Waals surface area contributed by atoms with E-state index >= 15 is 0 Å². The number of aromatic carboxylic acids is 1. The second-order valence-corrected chi connectivity index (χ2v) is 5.09. The van der Waals surface area contributed by atoms with Crippen LogP contribution in [0.2, 0.25) is 0 Å². The first-order valence-electron chi connectivity index (χ1n) is 6.05. The van der Waals surface area contributed by atoms with E-state index in [0.717, 1.165) is 12.8 Å². The van der Waals surface area contributed by atoms with E-state index in [1.807, 2.05) is 6.92 Å². The molecule has 1 unspecified atom stereocenters. The van der Waals surface area contributed by atoms with Crippen LogP contribution in [0, 0.1) is 0 Å². The number of rotatable bonds is 6. The highest BCUT2D eigenvalue weighted by Gasteiger charge is 2.15. The Morgan fingerprint density at radius 1 is 1.47 bits per heavy atom. The first-order valence-corrected chi connectivity index (χ1v) is 6.84. The molecule has 0 fully saturated rings. The van der Waals surface area contributed by atoms with Gasteiger partial charge in [0.25, 0.3) is 0 Å². The van der Waals surface area contributed by atoms with Crippen molar-refractivity contribution in [2.75, 3.05) is 5.32 Å². The third-order valence-corrected chi connectivity index (χ3v) is 3.34. The van der Waals surface area contributed by atoms with Gasteiger partial charge in [0.05, 0.1) is 17.3 Å². The number of carbonyl (C=O) groups is 2. The molecule has 1 amide bonds. The van der Waals surface area contributed by atoms with Crippen molar-refractivity contribution in [3.05, 3.63) is 28.2 Å². The van der Waals surface area contributed by atoms with E-state index in [4.69, 9.17) is 10.8 Å². The van der Waals surface area contributed by atoms with Gasteiger partial charge in [0.1, 0.15) is 0 Å². The Kier molecular flexibility index (Phi) is 5.98. The third kappa shape index (κ3) is 4.65. The SMILES string of the molecule is CCCCC(N)C(=O)Nc1ccc(C(=O)O)cc1Br. The van der Waals surface area contributed by atoms with E-state index in [1.165, 1.54) is 18.2 Å². The van der Waals surface area contributed by atoms with Gasteiger partial charge in [-0.15, -0.1) is 0 Å². The van der Waals surface area contributed by atoms with Crippen LogP contribution in [0.25, 0.3) is 0 Å². The van der Waals surface area contributed by atoms with Gasteiger partial charge in [0, 0.05) is 4.47 Å². The molecule has 0 spiro atoms. The van der Waals surface area contributed by atoms with Crippen molar-refractivity contribution in [3.63, 3.8) is 0 Å². The molecule has 0 saturated carbocycles. The molecule has 0 aliphatic carbocycles. The quantitative estimate of drug-likeness (QED) is 0.748. The zero-order chi connectivity index (χ0) is 14.4. The number of amides is 1. The molecule has 0 heterocycles. The number of carboxylic acids is 1. The van der Waals surface area contributed by atoms with Gasteiger partial charge in [-0.05, 0) is 40.5 Å². The maximum absolute atomic E-state index is 11.8. The maximum atomic E-state index is 11.8. The monoisotopic (exact) mass is 328 g/mol. The summed E-state index contributed by atoms with van der Waals surface area (Å²) in [5, 5.41) is 11.5. The van der Waals surface area contributed by atoms with Crippen molar-refractivity contribution in [2.45, 2.75) is 32.2 Å². The fraction of sp³-hybridized carbons (Fsp3) is 0.385. The minimum Gasteiger partial charge on any atom is -0.478 e. The molecular formula is C13H17BrN2O3. The van der Waals surface area contributed by atoms with Crippen molar-refractivity contribution in [3.8, 4) is 0 Å². The van der Waals surface area contributed by atoms with Gasteiger partial charge >= 0.3 is 5.97 Å². The average Bonchev–Trinajstić information content (AvgIpc) is 2.37. The Hall–Kier alpha value is -1.40.